The summed E-state index contributed by atoms with van der Waals surface area (Å²) < 4.78 is 44.2. The van der Waals surface area contributed by atoms with E-state index in [9.17, 15) is 9.59 Å². The highest BCUT2D eigenvalue weighted by Crippen LogP contribution is 2.49. The van der Waals surface area contributed by atoms with Crippen LogP contribution in [-0.2, 0) is 22.4 Å². The highest BCUT2D eigenvalue weighted by molar-refractivity contribution is 7.26. The molecule has 6 nitrogen and oxygen atoms in total. The average Bonchev–Trinajstić information content (AvgIpc) is 2.19. The molecule has 0 bridgehead atoms. The van der Waals surface area contributed by atoms with Gasteiger partial charge in [-0.05, 0) is 150 Å². The lowest BCUT2D eigenvalue weighted by molar-refractivity contribution is -0.124. The number of carbonyl (C=O) groups excluding carboxylic acids is 2. The van der Waals surface area contributed by atoms with E-state index in [-0.39, 0.29) is 21.6 Å². The van der Waals surface area contributed by atoms with Crippen LogP contribution in [0.15, 0.2) is 89.6 Å². The minimum absolute atomic E-state index is 0.157. The molecular weight excluding hydrogens is 1120 g/mol. The Morgan fingerprint density at radius 2 is 0.800 bits per heavy atom. The third-order valence-corrected chi connectivity index (χ3v) is 21.2. The lowest BCUT2D eigenvalue weighted by Crippen LogP contribution is -2.30. The molecular formula is C74H104F2N2O4S3. The number of thiophene rings is 3. The third kappa shape index (κ3) is 20.8. The van der Waals surface area contributed by atoms with E-state index >= 15 is 8.78 Å². The van der Waals surface area contributed by atoms with Crippen molar-refractivity contribution in [1.82, 2.24) is 9.80 Å². The van der Waals surface area contributed by atoms with Crippen LogP contribution in [0, 0.1) is 30.4 Å². The van der Waals surface area contributed by atoms with Gasteiger partial charge in [0.2, 0.25) is 0 Å². The number of halogens is 2. The van der Waals surface area contributed by atoms with Gasteiger partial charge in [0, 0.05) is 33.4 Å². The molecule has 3 aromatic heterocycles. The van der Waals surface area contributed by atoms with Crippen molar-refractivity contribution in [2.24, 2.45) is 11.8 Å². The van der Waals surface area contributed by atoms with Crippen LogP contribution >= 0.6 is 34.0 Å². The van der Waals surface area contributed by atoms with Crippen LogP contribution in [0.3, 0.4) is 0 Å². The fourth-order valence-corrected chi connectivity index (χ4v) is 15.6. The Hall–Kier alpha value is -4.58. The zero-order chi connectivity index (χ0) is 60.2. The maximum Gasteiger partial charge on any atom is 0.261 e. The topological polar surface area (TPSA) is 59.1 Å². The summed E-state index contributed by atoms with van der Waals surface area (Å²) in [5, 5.41) is 0. The first kappa shape index (κ1) is 67.9. The molecule has 0 spiro atoms. The van der Waals surface area contributed by atoms with Crippen LogP contribution in [-0.4, -0.2) is 47.9 Å². The van der Waals surface area contributed by atoms with Crippen LogP contribution in [0.1, 0.15) is 248 Å². The number of allylic oxidation sites excluding steroid dienone is 1. The number of nitrogens with zero attached hydrogens (tertiary/aromatic N) is 2. The van der Waals surface area contributed by atoms with E-state index in [0.29, 0.717) is 62.1 Å². The number of hydrogen-bond acceptors (Lipinski definition) is 7. The number of fused-ring (bicyclic) bond motifs is 1. The predicted molar refractivity (Wildman–Crippen MR) is 358 cm³/mol. The predicted octanol–water partition coefficient (Wildman–Crippen LogP) is 22.7. The molecule has 5 aromatic rings. The molecule has 5 heterocycles. The molecule has 2 atom stereocenters. The molecule has 0 saturated heterocycles. The molecule has 466 valence electrons. The lowest BCUT2D eigenvalue weighted by Gasteiger charge is -2.23. The van der Waals surface area contributed by atoms with Gasteiger partial charge in [-0.15, -0.1) is 34.0 Å². The van der Waals surface area contributed by atoms with Gasteiger partial charge in [0.1, 0.15) is 11.5 Å². The van der Waals surface area contributed by atoms with Crippen LogP contribution < -0.4 is 9.47 Å². The molecule has 2 aliphatic heterocycles. The van der Waals surface area contributed by atoms with E-state index in [0.717, 1.165) is 92.3 Å². The summed E-state index contributed by atoms with van der Waals surface area (Å²) in [6.45, 7) is 15.5. The maximum atomic E-state index is 15.8. The van der Waals surface area contributed by atoms with Crippen LogP contribution in [0.2, 0.25) is 0 Å². The molecule has 2 amide bonds. The van der Waals surface area contributed by atoms with E-state index in [2.05, 4.69) is 76.2 Å². The summed E-state index contributed by atoms with van der Waals surface area (Å²) >= 11 is 3.87. The van der Waals surface area contributed by atoms with E-state index in [4.69, 9.17) is 9.47 Å². The number of rotatable bonds is 45. The van der Waals surface area contributed by atoms with Crippen molar-refractivity contribution in [1.29, 1.82) is 0 Å². The Morgan fingerprint density at radius 1 is 0.412 bits per heavy atom. The minimum atomic E-state index is -0.865. The maximum absolute atomic E-state index is 15.8. The minimum Gasteiger partial charge on any atom is -0.493 e. The second-order valence-electron chi connectivity index (χ2n) is 24.6. The number of carbonyl (C=O) groups is 2. The van der Waals surface area contributed by atoms with Crippen molar-refractivity contribution in [2.75, 3.05) is 26.3 Å². The summed E-state index contributed by atoms with van der Waals surface area (Å²) in [5.74, 6) is 1.09. The summed E-state index contributed by atoms with van der Waals surface area (Å²) in [4.78, 5) is 36.5. The Bertz CT molecular complexity index is 2820. The van der Waals surface area contributed by atoms with E-state index < -0.39 is 11.6 Å². The zero-order valence-electron chi connectivity index (χ0n) is 53.0. The molecule has 0 fully saturated rings. The summed E-state index contributed by atoms with van der Waals surface area (Å²) in [6, 6.07) is 24.7. The van der Waals surface area contributed by atoms with Crippen molar-refractivity contribution < 1.29 is 27.8 Å². The molecule has 0 radical (unpaired) electrons. The first-order chi connectivity index (χ1) is 41.5. The fraction of sp³-hybridized carbons (Fsp3) is 0.595. The molecule has 0 saturated carbocycles. The number of amides is 2. The zero-order valence-corrected chi connectivity index (χ0v) is 55.5. The molecule has 0 N–H and O–H groups in total. The fourth-order valence-electron chi connectivity index (χ4n) is 12.4. The molecule has 2 aliphatic rings. The van der Waals surface area contributed by atoms with Gasteiger partial charge in [-0.3, -0.25) is 9.59 Å². The second-order valence-corrected chi connectivity index (χ2v) is 28.0. The molecule has 7 rings (SSSR count). The Labute approximate surface area is 524 Å². The van der Waals surface area contributed by atoms with Gasteiger partial charge in [-0.25, -0.2) is 8.78 Å². The van der Waals surface area contributed by atoms with Crippen molar-refractivity contribution in [3.8, 4) is 31.0 Å². The van der Waals surface area contributed by atoms with Gasteiger partial charge in [-0.1, -0.05) is 193 Å². The van der Waals surface area contributed by atoms with E-state index in [1.54, 1.807) is 9.80 Å². The SMILES string of the molecule is CCCCCCCCC(CCCCCC)COc1ccc(CCCCCN2C(=O)C3=C(c4ccc(-c5sc(-c6ccc(C)s6)c(F)c5F)s4)N(CCCCCc4ccc(OCC(CCCCCC)CCCCCCCC)cc4)C(=O)C3=C2C)cc1. The van der Waals surface area contributed by atoms with E-state index in [1.807, 2.05) is 38.1 Å². The number of unbranched alkanes of at least 4 members (excludes halogenated alkanes) is 20. The van der Waals surface area contributed by atoms with Gasteiger partial charge < -0.3 is 19.3 Å². The number of aryl methyl sites for hydroxylation is 3. The smallest absolute Gasteiger partial charge is 0.261 e. The standard InChI is InChI=1S/C74H104F2N2O4S3/c1-7-11-15-19-21-27-37-59(35-25-17-13-9-3)53-81-61-44-40-57(41-45-61)33-29-23-31-51-77-56(6)66-67(74(77)80)70(63-49-50-65(84-63)72-69(76)68(75)71(85-72)64-48-39-55(5)83-64)78(73(66)79)52-32-24-30-34-58-42-46-62(47-43-58)82-54-60(36-26-18-14-10-4)38-28-22-20-16-12-8-2/h39-50,59-60H,7-38,51-54H2,1-6H3. The third-order valence-electron chi connectivity index (χ3n) is 17.6. The first-order valence-electron chi connectivity index (χ1n) is 33.7. The number of benzene rings is 2. The number of ether oxygens (including phenoxy) is 2. The quantitative estimate of drug-likeness (QED) is 0.0365. The molecule has 2 unspecified atom stereocenters. The summed E-state index contributed by atoms with van der Waals surface area (Å²) in [5.41, 5.74) is 4.74. The molecule has 0 aliphatic carbocycles. The number of hydrogen-bond donors (Lipinski definition) is 0. The summed E-state index contributed by atoms with van der Waals surface area (Å²) in [7, 11) is 0. The Kier molecular flexibility index (Phi) is 29.8. The first-order valence-corrected chi connectivity index (χ1v) is 36.2. The largest absolute Gasteiger partial charge is 0.493 e. The Balaban J connectivity index is 0.939. The van der Waals surface area contributed by atoms with Gasteiger partial charge >= 0.3 is 0 Å². The van der Waals surface area contributed by atoms with Crippen molar-refractivity contribution in [3.63, 3.8) is 0 Å². The Morgan fingerprint density at radius 3 is 1.26 bits per heavy atom. The normalized spacial score (nSPS) is 14.2. The van der Waals surface area contributed by atoms with Crippen molar-refractivity contribution in [2.45, 2.75) is 247 Å². The van der Waals surface area contributed by atoms with Crippen LogP contribution in [0.4, 0.5) is 8.78 Å². The van der Waals surface area contributed by atoms with Gasteiger partial charge in [0.15, 0.2) is 11.6 Å². The lowest BCUT2D eigenvalue weighted by atomic mass is 9.95. The van der Waals surface area contributed by atoms with Crippen molar-refractivity contribution >= 4 is 51.5 Å². The molecule has 85 heavy (non-hydrogen) atoms. The van der Waals surface area contributed by atoms with Crippen molar-refractivity contribution in [3.05, 3.63) is 122 Å². The second kappa shape index (κ2) is 37.3. The van der Waals surface area contributed by atoms with Crippen LogP contribution in [0.25, 0.3) is 25.2 Å². The van der Waals surface area contributed by atoms with Gasteiger partial charge in [-0.2, -0.15) is 0 Å². The summed E-state index contributed by atoms with van der Waals surface area (Å²) in [6.07, 6.45) is 38.5. The highest BCUT2D eigenvalue weighted by atomic mass is 32.1. The molecule has 11 heteroatoms. The molecule has 2 aromatic carbocycles. The van der Waals surface area contributed by atoms with Gasteiger partial charge in [0.05, 0.1) is 44.7 Å². The van der Waals surface area contributed by atoms with Crippen LogP contribution in [0.5, 0.6) is 11.5 Å². The average molecular weight is 1220 g/mol. The monoisotopic (exact) mass is 1220 g/mol. The highest BCUT2D eigenvalue weighted by Gasteiger charge is 2.47. The van der Waals surface area contributed by atoms with E-state index in [1.165, 1.54) is 188 Å². The van der Waals surface area contributed by atoms with Gasteiger partial charge in [0.25, 0.3) is 11.8 Å².